The Morgan fingerprint density at radius 1 is 1.24 bits per heavy atom. The maximum absolute atomic E-state index is 10.3. The molecule has 0 bridgehead atoms. The molecule has 7 heteroatoms. The molecule has 0 amide bonds. The van der Waals surface area contributed by atoms with Crippen molar-refractivity contribution in [2.75, 3.05) is 33.9 Å². The summed E-state index contributed by atoms with van der Waals surface area (Å²) in [6.45, 7) is 2.06. The first-order chi connectivity index (χ1) is 14.1. The van der Waals surface area contributed by atoms with Crippen LogP contribution >= 0.6 is 11.6 Å². The summed E-state index contributed by atoms with van der Waals surface area (Å²) in [5.74, 6) is 0.811. The third kappa shape index (κ3) is 6.44. The minimum Gasteiger partial charge on any atom is -0.497 e. The van der Waals surface area contributed by atoms with Crippen LogP contribution in [0.1, 0.15) is 17.5 Å². The number of benzene rings is 2. The molecule has 0 aromatic heterocycles. The van der Waals surface area contributed by atoms with Crippen LogP contribution in [0.15, 0.2) is 53.7 Å². The molecule has 0 saturated carbocycles. The van der Waals surface area contributed by atoms with E-state index in [1.54, 1.807) is 14.2 Å². The zero-order chi connectivity index (χ0) is 20.6. The summed E-state index contributed by atoms with van der Waals surface area (Å²) in [7, 11) is 3.24. The predicted octanol–water partition coefficient (Wildman–Crippen LogP) is 3.35. The van der Waals surface area contributed by atoms with Crippen molar-refractivity contribution < 1.29 is 19.4 Å². The molecule has 0 spiro atoms. The highest BCUT2D eigenvalue weighted by Gasteiger charge is 2.25. The van der Waals surface area contributed by atoms with Gasteiger partial charge < -0.3 is 19.4 Å². The van der Waals surface area contributed by atoms with Gasteiger partial charge in [-0.2, -0.15) is 0 Å². The van der Waals surface area contributed by atoms with Gasteiger partial charge in [-0.05, 0) is 35.4 Å². The molecule has 1 aliphatic heterocycles. The molecule has 2 atom stereocenters. The summed E-state index contributed by atoms with van der Waals surface area (Å²) < 4.78 is 10.4. The fourth-order valence-electron chi connectivity index (χ4n) is 3.40. The smallest absolute Gasteiger partial charge is 0.145 e. The molecule has 1 heterocycles. The molecule has 6 nitrogen and oxygen atoms in total. The number of nitrogens with zero attached hydrogens (tertiary/aromatic N) is 2. The molecule has 156 valence electrons. The number of aliphatic hydroxyl groups excluding tert-OH is 1. The second-order valence-corrected chi connectivity index (χ2v) is 7.57. The Bertz CT molecular complexity index is 813. The molecule has 3 rings (SSSR count). The summed E-state index contributed by atoms with van der Waals surface area (Å²) in [6.07, 6.45) is 0.0427. The standard InChI is InChI=1S/C22H27ClN2O4/c1-27-15-19(26)13-25(12-16-4-3-5-20(10-16)28-2)14-21-11-22(24-29-21)17-6-8-18(23)9-7-17/h3-10,19,21,26H,11-15H2,1-2H3/t19-,21+/m1/s1. The second-order valence-electron chi connectivity index (χ2n) is 7.13. The highest BCUT2D eigenvalue weighted by molar-refractivity contribution is 6.30. The van der Waals surface area contributed by atoms with Crippen molar-refractivity contribution in [2.45, 2.75) is 25.2 Å². The third-order valence-corrected chi connectivity index (χ3v) is 4.99. The van der Waals surface area contributed by atoms with Gasteiger partial charge in [0.15, 0.2) is 0 Å². The first-order valence-corrected chi connectivity index (χ1v) is 9.96. The number of hydrogen-bond acceptors (Lipinski definition) is 6. The fourth-order valence-corrected chi connectivity index (χ4v) is 3.53. The Labute approximate surface area is 176 Å². The van der Waals surface area contributed by atoms with E-state index in [0.29, 0.717) is 31.1 Å². The molecule has 0 unspecified atom stereocenters. The molecule has 1 N–H and O–H groups in total. The van der Waals surface area contributed by atoms with E-state index < -0.39 is 6.10 Å². The lowest BCUT2D eigenvalue weighted by molar-refractivity contribution is 0.00920. The van der Waals surface area contributed by atoms with E-state index in [1.165, 1.54) is 0 Å². The van der Waals surface area contributed by atoms with E-state index in [9.17, 15) is 5.11 Å². The predicted molar refractivity (Wildman–Crippen MR) is 114 cm³/mol. The zero-order valence-corrected chi connectivity index (χ0v) is 17.5. The average Bonchev–Trinajstić information content (AvgIpc) is 3.17. The van der Waals surface area contributed by atoms with Crippen LogP contribution in [0.25, 0.3) is 0 Å². The maximum atomic E-state index is 10.3. The van der Waals surface area contributed by atoms with E-state index in [1.807, 2.05) is 48.5 Å². The van der Waals surface area contributed by atoms with Crippen LogP contribution in [0.4, 0.5) is 0 Å². The second kappa shape index (κ2) is 10.6. The number of oxime groups is 1. The van der Waals surface area contributed by atoms with Gasteiger partial charge in [0.2, 0.25) is 0 Å². The van der Waals surface area contributed by atoms with Gasteiger partial charge in [0.25, 0.3) is 0 Å². The molecular formula is C22H27ClN2O4. The minimum absolute atomic E-state index is 0.0824. The monoisotopic (exact) mass is 418 g/mol. The van der Waals surface area contributed by atoms with Crippen molar-refractivity contribution in [3.05, 3.63) is 64.7 Å². The van der Waals surface area contributed by atoms with Crippen molar-refractivity contribution in [3.8, 4) is 5.75 Å². The minimum atomic E-state index is -0.580. The molecule has 0 aliphatic carbocycles. The molecule has 1 aliphatic rings. The normalized spacial score (nSPS) is 17.1. The number of aliphatic hydroxyl groups is 1. The lowest BCUT2D eigenvalue weighted by Crippen LogP contribution is -2.39. The molecule has 2 aromatic rings. The van der Waals surface area contributed by atoms with Crippen LogP contribution in [0.2, 0.25) is 5.02 Å². The van der Waals surface area contributed by atoms with Gasteiger partial charge in [0, 0.05) is 38.2 Å². The van der Waals surface area contributed by atoms with E-state index in [0.717, 1.165) is 22.6 Å². The number of ether oxygens (including phenoxy) is 2. The van der Waals surface area contributed by atoms with Gasteiger partial charge in [-0.15, -0.1) is 0 Å². The number of hydrogen-bond donors (Lipinski definition) is 1. The molecule has 2 aromatic carbocycles. The number of halogens is 1. The summed E-state index contributed by atoms with van der Waals surface area (Å²) in [6, 6.07) is 15.5. The Balaban J connectivity index is 1.64. The number of rotatable bonds is 10. The van der Waals surface area contributed by atoms with Gasteiger partial charge in [0.1, 0.15) is 11.9 Å². The Hall–Kier alpha value is -2.12. The average molecular weight is 419 g/mol. The van der Waals surface area contributed by atoms with E-state index >= 15 is 0 Å². The van der Waals surface area contributed by atoms with Gasteiger partial charge in [-0.3, -0.25) is 4.90 Å². The summed E-state index contributed by atoms with van der Waals surface area (Å²) in [4.78, 5) is 7.84. The number of methoxy groups -OCH3 is 2. The highest BCUT2D eigenvalue weighted by Crippen LogP contribution is 2.21. The fraction of sp³-hybridized carbons (Fsp3) is 0.409. The Morgan fingerprint density at radius 3 is 2.76 bits per heavy atom. The van der Waals surface area contributed by atoms with E-state index in [4.69, 9.17) is 25.9 Å². The van der Waals surface area contributed by atoms with Crippen LogP contribution in [0.3, 0.4) is 0 Å². The van der Waals surface area contributed by atoms with Crippen LogP contribution < -0.4 is 4.74 Å². The molecule has 29 heavy (non-hydrogen) atoms. The lowest BCUT2D eigenvalue weighted by Gasteiger charge is -2.27. The molecule has 0 fully saturated rings. The summed E-state index contributed by atoms with van der Waals surface area (Å²) >= 11 is 5.97. The topological polar surface area (TPSA) is 63.5 Å². The molecule has 0 saturated heterocycles. The zero-order valence-electron chi connectivity index (χ0n) is 16.8. The van der Waals surface area contributed by atoms with Gasteiger partial charge in [-0.25, -0.2) is 0 Å². The van der Waals surface area contributed by atoms with Crippen molar-refractivity contribution in [3.63, 3.8) is 0 Å². The first-order valence-electron chi connectivity index (χ1n) is 9.58. The SMILES string of the molecule is COC[C@H](O)CN(Cc1cccc(OC)c1)C[C@@H]1CC(c2ccc(Cl)cc2)=NO1. The van der Waals surface area contributed by atoms with Crippen molar-refractivity contribution in [1.82, 2.24) is 4.90 Å². The maximum Gasteiger partial charge on any atom is 0.145 e. The van der Waals surface area contributed by atoms with Gasteiger partial charge >= 0.3 is 0 Å². The summed E-state index contributed by atoms with van der Waals surface area (Å²) in [5.41, 5.74) is 3.02. The quantitative estimate of drug-likeness (QED) is 0.641. The van der Waals surface area contributed by atoms with Crippen LogP contribution in [0, 0.1) is 0 Å². The van der Waals surface area contributed by atoms with Crippen molar-refractivity contribution in [1.29, 1.82) is 0 Å². The van der Waals surface area contributed by atoms with Gasteiger partial charge in [0.05, 0.1) is 25.5 Å². The van der Waals surface area contributed by atoms with E-state index in [2.05, 4.69) is 10.1 Å². The molecular weight excluding hydrogens is 392 g/mol. The Kier molecular flexibility index (Phi) is 7.89. The van der Waals surface area contributed by atoms with Crippen LogP contribution in [-0.4, -0.2) is 61.8 Å². The molecule has 0 radical (unpaired) electrons. The van der Waals surface area contributed by atoms with E-state index in [-0.39, 0.29) is 12.7 Å². The van der Waals surface area contributed by atoms with Gasteiger partial charge in [-0.1, -0.05) is 41.0 Å². The van der Waals surface area contributed by atoms with Crippen LogP contribution in [0.5, 0.6) is 5.75 Å². The lowest BCUT2D eigenvalue weighted by atomic mass is 10.0. The van der Waals surface area contributed by atoms with Crippen molar-refractivity contribution >= 4 is 17.3 Å². The highest BCUT2D eigenvalue weighted by atomic mass is 35.5. The summed E-state index contributed by atoms with van der Waals surface area (Å²) in [5, 5.41) is 15.2. The first kappa shape index (κ1) is 21.6. The Morgan fingerprint density at radius 2 is 2.03 bits per heavy atom. The van der Waals surface area contributed by atoms with Crippen molar-refractivity contribution in [2.24, 2.45) is 5.16 Å². The largest absolute Gasteiger partial charge is 0.497 e. The third-order valence-electron chi connectivity index (χ3n) is 4.74. The van der Waals surface area contributed by atoms with Crippen LogP contribution in [-0.2, 0) is 16.1 Å².